The van der Waals surface area contributed by atoms with Crippen LogP contribution in [0.1, 0.15) is 25.5 Å². The summed E-state index contributed by atoms with van der Waals surface area (Å²) in [6.45, 7) is 3.39. The highest BCUT2D eigenvalue weighted by atomic mass is 16.3. The van der Waals surface area contributed by atoms with Crippen LogP contribution in [0, 0.1) is 0 Å². The van der Waals surface area contributed by atoms with E-state index >= 15 is 0 Å². The Morgan fingerprint density at radius 2 is 1.78 bits per heavy atom. The molecule has 2 amide bonds. The molecule has 0 aliphatic rings. The number of hydrogen-bond acceptors (Lipinski definition) is 3. The average Bonchev–Trinajstić information content (AvgIpc) is 2.36. The molecule has 0 aliphatic carbocycles. The van der Waals surface area contributed by atoms with Gasteiger partial charge in [0, 0.05) is 6.54 Å². The summed E-state index contributed by atoms with van der Waals surface area (Å²) >= 11 is 0. The van der Waals surface area contributed by atoms with Gasteiger partial charge < -0.3 is 15.7 Å². The predicted molar refractivity (Wildman–Crippen MR) is 67.7 cm³/mol. The molecule has 0 aromatic heterocycles. The fourth-order valence-corrected chi connectivity index (χ4v) is 1.41. The van der Waals surface area contributed by atoms with Gasteiger partial charge in [-0.3, -0.25) is 9.59 Å². The summed E-state index contributed by atoms with van der Waals surface area (Å²) in [6.07, 6.45) is -0.673. The summed E-state index contributed by atoms with van der Waals surface area (Å²) in [5.74, 6) is -1.44. The molecule has 18 heavy (non-hydrogen) atoms. The van der Waals surface area contributed by atoms with E-state index in [0.717, 1.165) is 5.56 Å². The van der Waals surface area contributed by atoms with Crippen LogP contribution >= 0.6 is 0 Å². The van der Waals surface area contributed by atoms with Crippen molar-refractivity contribution in [2.75, 3.05) is 6.54 Å². The maximum Gasteiger partial charge on any atom is 0.309 e. The Hall–Kier alpha value is -1.88. The van der Waals surface area contributed by atoms with E-state index in [1.807, 2.05) is 30.3 Å². The van der Waals surface area contributed by atoms with Gasteiger partial charge in [-0.25, -0.2) is 0 Å². The SMILES string of the molecule is C[C@@H](O)CNC(=O)C(=O)N[C@H](C)c1ccccc1. The second-order valence-corrected chi connectivity index (χ2v) is 4.16. The molecular weight excluding hydrogens is 232 g/mol. The lowest BCUT2D eigenvalue weighted by Crippen LogP contribution is -2.43. The Bertz CT molecular complexity index is 404. The van der Waals surface area contributed by atoms with Crippen molar-refractivity contribution >= 4 is 11.8 Å². The van der Waals surface area contributed by atoms with Gasteiger partial charge in [-0.2, -0.15) is 0 Å². The topological polar surface area (TPSA) is 78.4 Å². The lowest BCUT2D eigenvalue weighted by atomic mass is 10.1. The number of carbonyl (C=O) groups excluding carboxylic acids is 2. The number of nitrogens with one attached hydrogen (secondary N) is 2. The summed E-state index contributed by atoms with van der Waals surface area (Å²) in [7, 11) is 0. The number of rotatable bonds is 4. The second kappa shape index (κ2) is 6.76. The minimum atomic E-state index is -0.737. The van der Waals surface area contributed by atoms with Gasteiger partial charge in [-0.1, -0.05) is 30.3 Å². The van der Waals surface area contributed by atoms with Gasteiger partial charge in [0.25, 0.3) is 0 Å². The van der Waals surface area contributed by atoms with Crippen LogP contribution < -0.4 is 10.6 Å². The van der Waals surface area contributed by atoms with Crippen molar-refractivity contribution in [2.45, 2.75) is 26.0 Å². The number of aliphatic hydroxyl groups is 1. The summed E-state index contributed by atoms with van der Waals surface area (Å²) in [6, 6.07) is 9.12. The van der Waals surface area contributed by atoms with Crippen LogP contribution in [0.15, 0.2) is 30.3 Å². The maximum absolute atomic E-state index is 11.5. The van der Waals surface area contributed by atoms with Crippen LogP contribution in [-0.4, -0.2) is 29.6 Å². The van der Waals surface area contributed by atoms with Crippen molar-refractivity contribution < 1.29 is 14.7 Å². The largest absolute Gasteiger partial charge is 0.392 e. The minimum absolute atomic E-state index is 0.0615. The molecule has 0 heterocycles. The Morgan fingerprint density at radius 1 is 1.17 bits per heavy atom. The zero-order valence-electron chi connectivity index (χ0n) is 10.5. The molecule has 1 aromatic carbocycles. The number of carbonyl (C=O) groups is 2. The first-order chi connectivity index (χ1) is 8.50. The third-order valence-electron chi connectivity index (χ3n) is 2.41. The van der Waals surface area contributed by atoms with Crippen LogP contribution in [0.2, 0.25) is 0 Å². The first-order valence-electron chi connectivity index (χ1n) is 5.82. The standard InChI is InChI=1S/C13H18N2O3/c1-9(16)8-14-12(17)13(18)15-10(2)11-6-4-3-5-7-11/h3-7,9-10,16H,8H2,1-2H3,(H,14,17)(H,15,18)/t9-,10-/m1/s1. The van der Waals surface area contributed by atoms with Crippen molar-refractivity contribution in [2.24, 2.45) is 0 Å². The van der Waals surface area contributed by atoms with Crippen molar-refractivity contribution in [3.8, 4) is 0 Å². The van der Waals surface area contributed by atoms with E-state index in [2.05, 4.69) is 10.6 Å². The quantitative estimate of drug-likeness (QED) is 0.675. The number of hydrogen-bond donors (Lipinski definition) is 3. The summed E-state index contributed by atoms with van der Waals surface area (Å²) in [5, 5.41) is 13.9. The minimum Gasteiger partial charge on any atom is -0.392 e. The van der Waals surface area contributed by atoms with Gasteiger partial charge in [0.1, 0.15) is 0 Å². The highest BCUT2D eigenvalue weighted by Crippen LogP contribution is 2.10. The molecule has 5 nitrogen and oxygen atoms in total. The maximum atomic E-state index is 11.5. The zero-order valence-corrected chi connectivity index (χ0v) is 10.5. The molecule has 0 saturated heterocycles. The molecule has 0 bridgehead atoms. The lowest BCUT2D eigenvalue weighted by molar-refractivity contribution is -0.139. The fraction of sp³-hybridized carbons (Fsp3) is 0.385. The predicted octanol–water partition coefficient (Wildman–Crippen LogP) is 0.361. The molecule has 98 valence electrons. The Kier molecular flexibility index (Phi) is 5.32. The van der Waals surface area contributed by atoms with Crippen molar-refractivity contribution in [3.05, 3.63) is 35.9 Å². The average molecular weight is 250 g/mol. The monoisotopic (exact) mass is 250 g/mol. The Labute approximate surface area is 106 Å². The molecule has 1 aromatic rings. The third kappa shape index (κ3) is 4.55. The molecule has 5 heteroatoms. The number of amides is 2. The van der Waals surface area contributed by atoms with E-state index in [0.29, 0.717) is 0 Å². The molecule has 2 atom stereocenters. The molecule has 0 spiro atoms. The van der Waals surface area contributed by atoms with Gasteiger partial charge in [0.15, 0.2) is 0 Å². The highest BCUT2D eigenvalue weighted by Gasteiger charge is 2.16. The van der Waals surface area contributed by atoms with E-state index in [-0.39, 0.29) is 12.6 Å². The summed E-state index contributed by atoms with van der Waals surface area (Å²) in [4.78, 5) is 22.9. The van der Waals surface area contributed by atoms with Crippen molar-refractivity contribution in [1.82, 2.24) is 10.6 Å². The lowest BCUT2D eigenvalue weighted by Gasteiger charge is -2.14. The third-order valence-corrected chi connectivity index (χ3v) is 2.41. The molecule has 0 aliphatic heterocycles. The molecule has 1 rings (SSSR count). The van der Waals surface area contributed by atoms with Gasteiger partial charge in [-0.05, 0) is 19.4 Å². The van der Waals surface area contributed by atoms with Crippen LogP contribution in [0.25, 0.3) is 0 Å². The second-order valence-electron chi connectivity index (χ2n) is 4.16. The summed E-state index contributed by atoms with van der Waals surface area (Å²) in [5.41, 5.74) is 0.925. The zero-order chi connectivity index (χ0) is 13.5. The van der Waals surface area contributed by atoms with Crippen molar-refractivity contribution in [3.63, 3.8) is 0 Å². The number of aliphatic hydroxyl groups excluding tert-OH is 1. The molecule has 3 N–H and O–H groups in total. The number of benzene rings is 1. The smallest absolute Gasteiger partial charge is 0.309 e. The van der Waals surface area contributed by atoms with E-state index in [4.69, 9.17) is 5.11 Å². The van der Waals surface area contributed by atoms with Gasteiger partial charge in [0.2, 0.25) is 0 Å². The van der Waals surface area contributed by atoms with Gasteiger partial charge in [-0.15, -0.1) is 0 Å². The first-order valence-corrected chi connectivity index (χ1v) is 5.82. The first kappa shape index (κ1) is 14.2. The van der Waals surface area contributed by atoms with Crippen LogP contribution in [0.5, 0.6) is 0 Å². The molecule has 0 unspecified atom stereocenters. The van der Waals surface area contributed by atoms with Crippen molar-refractivity contribution in [1.29, 1.82) is 0 Å². The molecule has 0 fully saturated rings. The van der Waals surface area contributed by atoms with E-state index in [1.54, 1.807) is 6.92 Å². The fourth-order valence-electron chi connectivity index (χ4n) is 1.41. The molecule has 0 saturated carbocycles. The van der Waals surface area contributed by atoms with Crippen LogP contribution in [0.3, 0.4) is 0 Å². The Balaban J connectivity index is 2.47. The van der Waals surface area contributed by atoms with E-state index in [9.17, 15) is 9.59 Å². The van der Waals surface area contributed by atoms with E-state index < -0.39 is 17.9 Å². The van der Waals surface area contributed by atoms with Crippen LogP contribution in [0.4, 0.5) is 0 Å². The molecular formula is C13H18N2O3. The Morgan fingerprint density at radius 3 is 2.33 bits per heavy atom. The normalized spacial score (nSPS) is 13.5. The highest BCUT2D eigenvalue weighted by molar-refractivity contribution is 6.35. The van der Waals surface area contributed by atoms with E-state index in [1.165, 1.54) is 6.92 Å². The summed E-state index contributed by atoms with van der Waals surface area (Å²) < 4.78 is 0. The van der Waals surface area contributed by atoms with Crippen LogP contribution in [-0.2, 0) is 9.59 Å². The van der Waals surface area contributed by atoms with Gasteiger partial charge >= 0.3 is 11.8 Å². The molecule has 0 radical (unpaired) electrons. The van der Waals surface area contributed by atoms with Gasteiger partial charge in [0.05, 0.1) is 12.1 Å².